The summed E-state index contributed by atoms with van der Waals surface area (Å²) in [5.41, 5.74) is 0.356. The summed E-state index contributed by atoms with van der Waals surface area (Å²) in [5, 5.41) is 3.58. The van der Waals surface area contributed by atoms with E-state index < -0.39 is 0 Å². The molecule has 0 aromatic carbocycles. The monoisotopic (exact) mass is 268 g/mol. The predicted molar refractivity (Wildman–Crippen MR) is 80.5 cm³/mol. The first-order valence-electron chi connectivity index (χ1n) is 8.19. The fourth-order valence-corrected chi connectivity index (χ4v) is 3.58. The molecule has 1 aliphatic carbocycles. The smallest absolute Gasteiger partial charge is 0.0730 e. The van der Waals surface area contributed by atoms with Gasteiger partial charge in [0.1, 0.15) is 0 Å². The van der Waals surface area contributed by atoms with Crippen molar-refractivity contribution in [3.8, 4) is 0 Å². The molecule has 1 aliphatic heterocycles. The molecule has 1 saturated carbocycles. The molecule has 1 heterocycles. The van der Waals surface area contributed by atoms with Gasteiger partial charge >= 0.3 is 0 Å². The first-order valence-corrected chi connectivity index (χ1v) is 8.19. The number of hydrogen-bond donors (Lipinski definition) is 1. The van der Waals surface area contributed by atoms with Crippen molar-refractivity contribution in [1.29, 1.82) is 0 Å². The molecule has 0 aromatic heterocycles. The highest BCUT2D eigenvalue weighted by molar-refractivity contribution is 4.90. The van der Waals surface area contributed by atoms with Gasteiger partial charge in [-0.15, -0.1) is 0 Å². The lowest BCUT2D eigenvalue weighted by Gasteiger charge is -2.46. The van der Waals surface area contributed by atoms with Crippen LogP contribution in [0.1, 0.15) is 52.9 Å². The van der Waals surface area contributed by atoms with E-state index in [1.807, 2.05) is 0 Å². The van der Waals surface area contributed by atoms with Crippen molar-refractivity contribution in [2.45, 2.75) is 65.0 Å². The topological polar surface area (TPSA) is 24.5 Å². The molecule has 19 heavy (non-hydrogen) atoms. The number of rotatable bonds is 6. The molecule has 112 valence electrons. The Balaban J connectivity index is 1.85. The standard InChI is InChI=1S/C16H32N2O/c1-4-9-17-12-16(2,3)13-18-10-11-19-15-8-6-5-7-14(15)18/h14-15,17H,4-13H2,1-3H3. The zero-order chi connectivity index (χ0) is 13.7. The summed E-state index contributed by atoms with van der Waals surface area (Å²) in [6, 6.07) is 0.688. The summed E-state index contributed by atoms with van der Waals surface area (Å²) in [5.74, 6) is 0. The molecule has 1 N–H and O–H groups in total. The molecule has 0 radical (unpaired) electrons. The Morgan fingerprint density at radius 2 is 2.05 bits per heavy atom. The van der Waals surface area contributed by atoms with Gasteiger partial charge in [-0.2, -0.15) is 0 Å². The van der Waals surface area contributed by atoms with Crippen molar-refractivity contribution in [2.75, 3.05) is 32.8 Å². The average Bonchev–Trinajstić information content (AvgIpc) is 2.39. The Hall–Kier alpha value is -0.120. The second-order valence-corrected chi connectivity index (χ2v) is 7.07. The molecule has 0 aromatic rings. The van der Waals surface area contributed by atoms with Crippen LogP contribution in [0.2, 0.25) is 0 Å². The lowest BCUT2D eigenvalue weighted by atomic mass is 9.86. The zero-order valence-corrected chi connectivity index (χ0v) is 13.1. The summed E-state index contributed by atoms with van der Waals surface area (Å²) >= 11 is 0. The van der Waals surface area contributed by atoms with Crippen molar-refractivity contribution >= 4 is 0 Å². The molecule has 0 amide bonds. The van der Waals surface area contributed by atoms with Gasteiger partial charge in [0.05, 0.1) is 12.7 Å². The Kier molecular flexibility index (Phi) is 5.67. The summed E-state index contributed by atoms with van der Waals surface area (Å²) in [6.45, 7) is 12.5. The van der Waals surface area contributed by atoms with Crippen LogP contribution in [0, 0.1) is 5.41 Å². The molecule has 2 unspecified atom stereocenters. The highest BCUT2D eigenvalue weighted by atomic mass is 16.5. The number of morpholine rings is 1. The lowest BCUT2D eigenvalue weighted by molar-refractivity contribution is -0.0965. The van der Waals surface area contributed by atoms with Gasteiger partial charge in [0.15, 0.2) is 0 Å². The van der Waals surface area contributed by atoms with Gasteiger partial charge in [0, 0.05) is 25.7 Å². The van der Waals surface area contributed by atoms with E-state index in [4.69, 9.17) is 4.74 Å². The van der Waals surface area contributed by atoms with E-state index in [1.165, 1.54) is 38.6 Å². The third-order valence-corrected chi connectivity index (χ3v) is 4.51. The van der Waals surface area contributed by atoms with E-state index in [0.29, 0.717) is 17.6 Å². The number of fused-ring (bicyclic) bond motifs is 1. The van der Waals surface area contributed by atoms with Crippen LogP contribution >= 0.6 is 0 Å². The third-order valence-electron chi connectivity index (χ3n) is 4.51. The van der Waals surface area contributed by atoms with E-state index in [-0.39, 0.29) is 0 Å². The molecule has 2 rings (SSSR count). The van der Waals surface area contributed by atoms with Gasteiger partial charge < -0.3 is 10.1 Å². The largest absolute Gasteiger partial charge is 0.375 e. The van der Waals surface area contributed by atoms with Crippen LogP contribution < -0.4 is 5.32 Å². The maximum Gasteiger partial charge on any atom is 0.0730 e. The van der Waals surface area contributed by atoms with Gasteiger partial charge in [0.25, 0.3) is 0 Å². The van der Waals surface area contributed by atoms with Crippen molar-refractivity contribution in [1.82, 2.24) is 10.2 Å². The van der Waals surface area contributed by atoms with Crippen LogP contribution in [0.3, 0.4) is 0 Å². The second-order valence-electron chi connectivity index (χ2n) is 7.07. The van der Waals surface area contributed by atoms with Crippen LogP contribution in [-0.2, 0) is 4.74 Å². The molecule has 0 bridgehead atoms. The van der Waals surface area contributed by atoms with Crippen LogP contribution in [0.15, 0.2) is 0 Å². The predicted octanol–water partition coefficient (Wildman–Crippen LogP) is 2.66. The van der Waals surface area contributed by atoms with Crippen LogP contribution in [0.4, 0.5) is 0 Å². The first kappa shape index (κ1) is 15.3. The Morgan fingerprint density at radius 1 is 1.26 bits per heavy atom. The number of nitrogens with zero attached hydrogens (tertiary/aromatic N) is 1. The minimum Gasteiger partial charge on any atom is -0.375 e. The Morgan fingerprint density at radius 3 is 2.84 bits per heavy atom. The lowest BCUT2D eigenvalue weighted by Crippen LogP contribution is -2.55. The average molecular weight is 268 g/mol. The highest BCUT2D eigenvalue weighted by Gasteiger charge is 2.36. The summed E-state index contributed by atoms with van der Waals surface area (Å²) in [7, 11) is 0. The third kappa shape index (κ3) is 4.44. The van der Waals surface area contributed by atoms with Gasteiger partial charge in [-0.25, -0.2) is 0 Å². The number of nitrogens with one attached hydrogen (secondary N) is 1. The zero-order valence-electron chi connectivity index (χ0n) is 13.1. The fraction of sp³-hybridized carbons (Fsp3) is 1.00. The first-order chi connectivity index (χ1) is 9.12. The van der Waals surface area contributed by atoms with Gasteiger partial charge in [-0.05, 0) is 31.2 Å². The molecule has 3 nitrogen and oxygen atoms in total. The Bertz CT molecular complexity index is 265. The number of ether oxygens (including phenoxy) is 1. The molecular formula is C16H32N2O. The van der Waals surface area contributed by atoms with Crippen LogP contribution in [-0.4, -0.2) is 49.8 Å². The van der Waals surface area contributed by atoms with Gasteiger partial charge in [-0.1, -0.05) is 33.6 Å². The highest BCUT2D eigenvalue weighted by Crippen LogP contribution is 2.30. The maximum atomic E-state index is 5.97. The minimum absolute atomic E-state index is 0.356. The van der Waals surface area contributed by atoms with Crippen molar-refractivity contribution in [3.05, 3.63) is 0 Å². The van der Waals surface area contributed by atoms with Crippen molar-refractivity contribution in [3.63, 3.8) is 0 Å². The van der Waals surface area contributed by atoms with E-state index >= 15 is 0 Å². The second kappa shape index (κ2) is 7.05. The quantitative estimate of drug-likeness (QED) is 0.750. The van der Waals surface area contributed by atoms with E-state index in [2.05, 4.69) is 31.0 Å². The minimum atomic E-state index is 0.356. The molecule has 0 spiro atoms. The SMILES string of the molecule is CCCNCC(C)(C)CN1CCOC2CCCCC21. The number of hydrogen-bond acceptors (Lipinski definition) is 3. The molecular weight excluding hydrogens is 236 g/mol. The van der Waals surface area contributed by atoms with Crippen LogP contribution in [0.25, 0.3) is 0 Å². The van der Waals surface area contributed by atoms with E-state index in [1.54, 1.807) is 0 Å². The normalized spacial score (nSPS) is 29.2. The molecule has 2 fully saturated rings. The van der Waals surface area contributed by atoms with Gasteiger partial charge in [0.2, 0.25) is 0 Å². The molecule has 2 atom stereocenters. The van der Waals surface area contributed by atoms with E-state index in [9.17, 15) is 0 Å². The Labute approximate surface area is 119 Å². The fourth-order valence-electron chi connectivity index (χ4n) is 3.58. The molecule has 2 aliphatic rings. The van der Waals surface area contributed by atoms with E-state index in [0.717, 1.165) is 26.2 Å². The molecule has 3 heteroatoms. The van der Waals surface area contributed by atoms with Crippen molar-refractivity contribution < 1.29 is 4.74 Å². The maximum absolute atomic E-state index is 5.97. The van der Waals surface area contributed by atoms with Crippen molar-refractivity contribution in [2.24, 2.45) is 5.41 Å². The van der Waals surface area contributed by atoms with Crippen LogP contribution in [0.5, 0.6) is 0 Å². The summed E-state index contributed by atoms with van der Waals surface area (Å²) in [4.78, 5) is 2.71. The summed E-state index contributed by atoms with van der Waals surface area (Å²) in [6.07, 6.45) is 7.09. The summed E-state index contributed by atoms with van der Waals surface area (Å²) < 4.78 is 5.97. The molecule has 1 saturated heterocycles. The van der Waals surface area contributed by atoms with Gasteiger partial charge in [-0.3, -0.25) is 4.90 Å².